The van der Waals surface area contributed by atoms with E-state index < -0.39 is 61.4 Å². The van der Waals surface area contributed by atoms with Crippen LogP contribution in [0.15, 0.2) is 6.33 Å². The Hall–Kier alpha value is -2.11. The van der Waals surface area contributed by atoms with Gasteiger partial charge in [0.2, 0.25) is 11.8 Å². The van der Waals surface area contributed by atoms with E-state index in [1.54, 1.807) is 41.5 Å². The number of aliphatic hydroxyl groups excluding tert-OH is 1. The molecule has 6 unspecified atom stereocenters. The number of hydrogen-bond donors (Lipinski definition) is 3. The first-order valence-electron chi connectivity index (χ1n) is 13.8. The van der Waals surface area contributed by atoms with E-state index in [2.05, 4.69) is 20.0 Å². The fourth-order valence-corrected chi connectivity index (χ4v) is 6.52. The minimum absolute atomic E-state index is 0.0258. The maximum absolute atomic E-state index is 15.8. The number of aliphatic hydroxyl groups is 1. The Bertz CT molecular complexity index is 1380. The Balaban J connectivity index is 1.78. The molecule has 1 aliphatic heterocycles. The van der Waals surface area contributed by atoms with Gasteiger partial charge < -0.3 is 25.1 Å². The number of alkyl halides is 2. The number of nitrogen functional groups attached to an aromatic ring is 1. The minimum atomic E-state index is -4.34. The number of nitrogens with one attached hydrogen (secondary N) is 1. The normalized spacial score (nSPS) is 24.4. The highest BCUT2D eigenvalue weighted by molar-refractivity contribution is 8.13. The summed E-state index contributed by atoms with van der Waals surface area (Å²) in [5, 5.41) is 10.2. The number of esters is 1. The fourth-order valence-electron chi connectivity index (χ4n) is 3.84. The third-order valence-electron chi connectivity index (χ3n) is 5.98. The second kappa shape index (κ2) is 14.5. The zero-order chi connectivity index (χ0) is 33.0. The molecule has 0 aliphatic carbocycles. The van der Waals surface area contributed by atoms with E-state index in [4.69, 9.17) is 40.6 Å². The molecule has 44 heavy (non-hydrogen) atoms. The van der Waals surface area contributed by atoms with Gasteiger partial charge in [0, 0.05) is 11.2 Å². The molecule has 0 spiro atoms. The van der Waals surface area contributed by atoms with Gasteiger partial charge in [-0.3, -0.25) is 23.2 Å². The Labute approximate surface area is 263 Å². The van der Waals surface area contributed by atoms with Crippen LogP contribution in [0.1, 0.15) is 54.7 Å². The molecule has 3 heterocycles. The zero-order valence-electron chi connectivity index (χ0n) is 25.5. The maximum atomic E-state index is 15.8. The molecule has 2 aromatic rings. The lowest BCUT2D eigenvalue weighted by Gasteiger charge is -2.25. The summed E-state index contributed by atoms with van der Waals surface area (Å²) in [6, 6.07) is -1.15. The van der Waals surface area contributed by atoms with E-state index in [1.165, 1.54) is 13.3 Å². The van der Waals surface area contributed by atoms with Crippen molar-refractivity contribution in [1.29, 1.82) is 0 Å². The molecule has 1 saturated heterocycles. The highest BCUT2D eigenvalue weighted by Crippen LogP contribution is 2.49. The average molecular weight is 685 g/mol. The number of fused-ring (bicyclic) bond motifs is 1. The molecule has 4 N–H and O–H groups in total. The van der Waals surface area contributed by atoms with Gasteiger partial charge in [-0.05, 0) is 27.7 Å². The van der Waals surface area contributed by atoms with E-state index in [9.17, 15) is 19.3 Å². The summed E-state index contributed by atoms with van der Waals surface area (Å²) >= 11 is 7.12. The number of ether oxygens (including phenoxy) is 3. The van der Waals surface area contributed by atoms with Gasteiger partial charge in [-0.2, -0.15) is 9.97 Å². The molecule has 0 saturated carbocycles. The van der Waals surface area contributed by atoms with Crippen LogP contribution >= 0.6 is 31.1 Å². The minimum Gasteiger partial charge on any atom is -0.476 e. The predicted molar refractivity (Wildman–Crippen MR) is 161 cm³/mol. The smallest absolute Gasteiger partial charge is 0.406 e. The molecule has 0 aromatic carbocycles. The van der Waals surface area contributed by atoms with Gasteiger partial charge >= 0.3 is 13.7 Å². The molecule has 15 nitrogen and oxygen atoms in total. The lowest BCUT2D eigenvalue weighted by molar-refractivity contribution is -0.149. The van der Waals surface area contributed by atoms with Crippen molar-refractivity contribution in [3.63, 3.8) is 0 Å². The van der Waals surface area contributed by atoms with Crippen LogP contribution in [0.2, 0.25) is 0 Å². The van der Waals surface area contributed by atoms with Crippen LogP contribution in [-0.4, -0.2) is 90.8 Å². The molecule has 2 aromatic heterocycles. The summed E-state index contributed by atoms with van der Waals surface area (Å²) in [6.45, 7) is 11.0. The predicted octanol–water partition coefficient (Wildman–Crippen LogP) is 3.35. The lowest BCUT2D eigenvalue weighted by atomic mass is 10.00. The van der Waals surface area contributed by atoms with Crippen LogP contribution in [0.25, 0.3) is 11.2 Å². The summed E-state index contributed by atoms with van der Waals surface area (Å²) in [4.78, 5) is 36.9. The fraction of sp³-hybridized carbons (Fsp3) is 0.720. The largest absolute Gasteiger partial charge is 0.476 e. The van der Waals surface area contributed by atoms with E-state index in [0.717, 1.165) is 16.3 Å². The van der Waals surface area contributed by atoms with Gasteiger partial charge in [0.25, 0.3) is 5.13 Å². The molecule has 0 radical (unpaired) electrons. The Morgan fingerprint density at radius 3 is 2.61 bits per heavy atom. The summed E-state index contributed by atoms with van der Waals surface area (Å²) in [5.41, 5.74) is 5.36. The quantitative estimate of drug-likeness (QED) is 0.113. The van der Waals surface area contributed by atoms with Gasteiger partial charge in [-0.1, -0.05) is 44.1 Å². The van der Waals surface area contributed by atoms with E-state index in [-0.39, 0.29) is 47.1 Å². The second-order valence-electron chi connectivity index (χ2n) is 11.1. The Morgan fingerprint density at radius 2 is 2.00 bits per heavy atom. The maximum Gasteiger partial charge on any atom is 0.406 e. The summed E-state index contributed by atoms with van der Waals surface area (Å²) in [7, 11) is -4.34. The number of halogens is 2. The molecule has 0 amide bonds. The van der Waals surface area contributed by atoms with Crippen LogP contribution in [0.4, 0.5) is 10.3 Å². The van der Waals surface area contributed by atoms with Crippen molar-refractivity contribution in [2.24, 2.45) is 5.41 Å². The number of aromatic nitrogens is 4. The van der Waals surface area contributed by atoms with E-state index >= 15 is 4.39 Å². The molecular weight excluding hydrogens is 646 g/mol. The standard InChI is InChI=1S/C25H39ClFN6O9PS/c1-8-38-19-16-18(30-23(28)31-19)33(12-29-16)21-25(26,27)17(34)15(42-21)11-40-43(37,32-14(4)20(35)41-13(2)3)39-9-10-44-22(36)24(5,6)7/h12-15,17,21,34H,8-11H2,1-7H3,(H,32,37)(H2,28,30,31). The molecule has 3 rings (SSSR count). The van der Waals surface area contributed by atoms with Gasteiger partial charge in [0.1, 0.15) is 18.2 Å². The van der Waals surface area contributed by atoms with Gasteiger partial charge in [0.15, 0.2) is 22.5 Å². The van der Waals surface area contributed by atoms with E-state index in [0.29, 0.717) is 0 Å². The molecule has 6 atom stereocenters. The Kier molecular flexibility index (Phi) is 12.0. The van der Waals surface area contributed by atoms with Gasteiger partial charge in [-0.15, -0.1) is 0 Å². The van der Waals surface area contributed by atoms with Crippen molar-refractivity contribution in [2.75, 3.05) is 31.3 Å². The van der Waals surface area contributed by atoms with Crippen molar-refractivity contribution < 1.29 is 46.9 Å². The second-order valence-corrected chi connectivity index (χ2v) is 14.6. The first-order valence-corrected chi connectivity index (χ1v) is 16.7. The average Bonchev–Trinajstić information content (AvgIpc) is 3.42. The molecular formula is C25H39ClFN6O9PS. The number of thioether (sulfide) groups is 1. The highest BCUT2D eigenvalue weighted by Gasteiger charge is 2.58. The first kappa shape index (κ1) is 36.4. The SMILES string of the molecule is CCOc1nc(N)nc2c1ncn2C1OC(COP(=O)(NC(C)C(=O)OC(C)C)OCCSC(=O)C(C)(C)C)C(O)C1(F)Cl. The van der Waals surface area contributed by atoms with Crippen molar-refractivity contribution in [3.05, 3.63) is 6.33 Å². The number of carbonyl (C=O) groups is 2. The van der Waals surface area contributed by atoms with Crippen molar-refractivity contribution in [1.82, 2.24) is 24.6 Å². The number of nitrogens with two attached hydrogens (primary N) is 1. The van der Waals surface area contributed by atoms with E-state index in [1.807, 2.05) is 0 Å². The van der Waals surface area contributed by atoms with Crippen LogP contribution in [-0.2, 0) is 32.7 Å². The number of anilines is 1. The molecule has 1 aliphatic rings. The number of carbonyl (C=O) groups excluding carboxylic acids is 2. The number of hydrogen-bond acceptors (Lipinski definition) is 14. The van der Waals surface area contributed by atoms with Crippen LogP contribution in [0.5, 0.6) is 5.88 Å². The summed E-state index contributed by atoms with van der Waals surface area (Å²) < 4.78 is 58.0. The molecule has 1 fully saturated rings. The van der Waals surface area contributed by atoms with Crippen molar-refractivity contribution >= 4 is 59.3 Å². The number of rotatable bonds is 14. The van der Waals surface area contributed by atoms with Crippen LogP contribution < -0.4 is 15.6 Å². The lowest BCUT2D eigenvalue weighted by Crippen LogP contribution is -2.39. The topological polar surface area (TPSA) is 199 Å². The molecule has 19 heteroatoms. The van der Waals surface area contributed by atoms with Crippen molar-refractivity contribution in [3.8, 4) is 5.88 Å². The van der Waals surface area contributed by atoms with Gasteiger partial charge in [-0.25, -0.2) is 19.0 Å². The van der Waals surface area contributed by atoms with Gasteiger partial charge in [0.05, 0.1) is 32.3 Å². The monoisotopic (exact) mass is 684 g/mol. The highest BCUT2D eigenvalue weighted by atomic mass is 35.5. The van der Waals surface area contributed by atoms with Crippen LogP contribution in [0.3, 0.4) is 0 Å². The third kappa shape index (κ3) is 8.78. The summed E-state index contributed by atoms with van der Waals surface area (Å²) in [5.74, 6) is -0.733. The number of nitrogens with zero attached hydrogens (tertiary/aromatic N) is 4. The third-order valence-corrected chi connectivity index (χ3v) is 9.35. The summed E-state index contributed by atoms with van der Waals surface area (Å²) in [6.07, 6.45) is -4.42. The molecule has 248 valence electrons. The van der Waals surface area contributed by atoms with Crippen molar-refractivity contribution in [2.45, 2.75) is 84.2 Å². The number of imidazole rings is 1. The van der Waals surface area contributed by atoms with Crippen LogP contribution in [0, 0.1) is 5.41 Å². The Morgan fingerprint density at radius 1 is 1.32 bits per heavy atom. The first-order chi connectivity index (χ1) is 20.4. The molecule has 0 bridgehead atoms. The zero-order valence-corrected chi connectivity index (χ0v) is 28.0.